The SMILES string of the molecule is O=C1NC(Cc2cncs2)CO1. The van der Waals surface area contributed by atoms with Gasteiger partial charge >= 0.3 is 6.09 Å². The second-order valence-electron chi connectivity index (χ2n) is 2.61. The maximum atomic E-state index is 10.6. The number of carbonyl (C=O) groups excluding carboxylic acids is 1. The molecule has 1 aromatic rings. The molecular weight excluding hydrogens is 176 g/mol. The predicted molar refractivity (Wildman–Crippen MR) is 44.1 cm³/mol. The van der Waals surface area contributed by atoms with Crippen molar-refractivity contribution >= 4 is 17.4 Å². The fourth-order valence-electron chi connectivity index (χ4n) is 1.12. The van der Waals surface area contributed by atoms with Crippen LogP contribution >= 0.6 is 11.3 Å². The minimum atomic E-state index is -0.315. The summed E-state index contributed by atoms with van der Waals surface area (Å²) >= 11 is 1.59. The number of rotatable bonds is 2. The Balaban J connectivity index is 1.92. The Morgan fingerprint density at radius 1 is 1.83 bits per heavy atom. The lowest BCUT2D eigenvalue weighted by Crippen LogP contribution is -2.27. The number of cyclic esters (lactones) is 1. The van der Waals surface area contributed by atoms with E-state index in [9.17, 15) is 4.79 Å². The van der Waals surface area contributed by atoms with Gasteiger partial charge in [0.05, 0.1) is 11.6 Å². The van der Waals surface area contributed by atoms with E-state index >= 15 is 0 Å². The first-order valence-corrected chi connectivity index (χ1v) is 4.53. The number of hydrogen-bond acceptors (Lipinski definition) is 4. The Morgan fingerprint density at radius 2 is 2.75 bits per heavy atom. The van der Waals surface area contributed by atoms with E-state index < -0.39 is 0 Å². The third kappa shape index (κ3) is 1.55. The Bertz CT molecular complexity index is 273. The quantitative estimate of drug-likeness (QED) is 0.739. The molecule has 1 aromatic heterocycles. The van der Waals surface area contributed by atoms with E-state index in [1.54, 1.807) is 16.8 Å². The van der Waals surface area contributed by atoms with Crippen LogP contribution in [0.1, 0.15) is 4.88 Å². The van der Waals surface area contributed by atoms with Gasteiger partial charge in [-0.05, 0) is 0 Å². The van der Waals surface area contributed by atoms with Crippen molar-refractivity contribution in [2.24, 2.45) is 0 Å². The molecule has 1 unspecified atom stereocenters. The molecule has 2 heterocycles. The summed E-state index contributed by atoms with van der Waals surface area (Å²) < 4.78 is 4.75. The lowest BCUT2D eigenvalue weighted by molar-refractivity contribution is 0.177. The number of ether oxygens (including phenoxy) is 1. The van der Waals surface area contributed by atoms with Crippen LogP contribution in [0.5, 0.6) is 0 Å². The van der Waals surface area contributed by atoms with Gasteiger partial charge in [-0.1, -0.05) is 0 Å². The van der Waals surface area contributed by atoms with Gasteiger partial charge in [-0.15, -0.1) is 11.3 Å². The van der Waals surface area contributed by atoms with Crippen LogP contribution in [0.4, 0.5) is 4.79 Å². The molecule has 1 fully saturated rings. The number of alkyl carbamates (subject to hydrolysis) is 1. The molecule has 1 aliphatic rings. The molecule has 0 aliphatic carbocycles. The molecule has 12 heavy (non-hydrogen) atoms. The van der Waals surface area contributed by atoms with Gasteiger partial charge in [0.2, 0.25) is 0 Å². The molecule has 1 saturated heterocycles. The van der Waals surface area contributed by atoms with Gasteiger partial charge in [0, 0.05) is 17.5 Å². The number of nitrogens with zero attached hydrogens (tertiary/aromatic N) is 1. The molecule has 1 amide bonds. The van der Waals surface area contributed by atoms with Crippen molar-refractivity contribution in [3.05, 3.63) is 16.6 Å². The number of thiazole rings is 1. The fraction of sp³-hybridized carbons (Fsp3) is 0.429. The summed E-state index contributed by atoms with van der Waals surface area (Å²) in [5.41, 5.74) is 1.78. The Kier molecular flexibility index (Phi) is 1.95. The summed E-state index contributed by atoms with van der Waals surface area (Å²) in [6, 6.07) is 0.123. The van der Waals surface area contributed by atoms with Crippen molar-refractivity contribution in [1.29, 1.82) is 0 Å². The van der Waals surface area contributed by atoms with Crippen LogP contribution in [0.15, 0.2) is 11.7 Å². The molecule has 0 aromatic carbocycles. The van der Waals surface area contributed by atoms with E-state index in [1.165, 1.54) is 4.88 Å². The third-order valence-electron chi connectivity index (χ3n) is 1.67. The summed E-state index contributed by atoms with van der Waals surface area (Å²) in [5, 5.41) is 2.71. The summed E-state index contributed by atoms with van der Waals surface area (Å²) in [6.07, 6.45) is 2.32. The average molecular weight is 184 g/mol. The summed E-state index contributed by atoms with van der Waals surface area (Å²) in [5.74, 6) is 0. The van der Waals surface area contributed by atoms with Crippen LogP contribution in [-0.2, 0) is 11.2 Å². The number of amides is 1. The summed E-state index contributed by atoms with van der Waals surface area (Å²) in [7, 11) is 0. The highest BCUT2D eigenvalue weighted by atomic mass is 32.1. The largest absolute Gasteiger partial charge is 0.447 e. The van der Waals surface area contributed by atoms with Crippen LogP contribution in [0.25, 0.3) is 0 Å². The van der Waals surface area contributed by atoms with Gasteiger partial charge in [-0.3, -0.25) is 4.98 Å². The first-order valence-electron chi connectivity index (χ1n) is 3.65. The minimum absolute atomic E-state index is 0.123. The van der Waals surface area contributed by atoms with Crippen molar-refractivity contribution in [3.63, 3.8) is 0 Å². The Morgan fingerprint density at radius 3 is 3.33 bits per heavy atom. The second-order valence-corrected chi connectivity index (χ2v) is 3.58. The molecule has 4 nitrogen and oxygen atoms in total. The highest BCUT2D eigenvalue weighted by molar-refractivity contribution is 7.09. The molecule has 0 bridgehead atoms. The van der Waals surface area contributed by atoms with E-state index in [0.29, 0.717) is 6.61 Å². The molecule has 1 aliphatic heterocycles. The highest BCUT2D eigenvalue weighted by Gasteiger charge is 2.22. The molecule has 5 heteroatoms. The predicted octanol–water partition coefficient (Wildman–Crippen LogP) is 0.794. The van der Waals surface area contributed by atoms with Gasteiger partial charge in [0.25, 0.3) is 0 Å². The molecule has 0 spiro atoms. The normalized spacial score (nSPS) is 22.0. The van der Waals surface area contributed by atoms with Gasteiger partial charge in [0.15, 0.2) is 0 Å². The zero-order chi connectivity index (χ0) is 8.39. The molecular formula is C7H8N2O2S. The smallest absolute Gasteiger partial charge is 0.407 e. The van der Waals surface area contributed by atoms with E-state index in [4.69, 9.17) is 4.74 Å². The third-order valence-corrected chi connectivity index (χ3v) is 2.47. The molecule has 0 radical (unpaired) electrons. The summed E-state index contributed by atoms with van der Waals surface area (Å²) in [6.45, 7) is 0.469. The molecule has 0 saturated carbocycles. The van der Waals surface area contributed by atoms with Crippen molar-refractivity contribution < 1.29 is 9.53 Å². The van der Waals surface area contributed by atoms with Gasteiger partial charge in [-0.25, -0.2) is 4.79 Å². The molecule has 1 atom stereocenters. The number of carbonyl (C=O) groups is 1. The zero-order valence-corrected chi connectivity index (χ0v) is 7.13. The van der Waals surface area contributed by atoms with Crippen LogP contribution in [0, 0.1) is 0 Å². The first kappa shape index (κ1) is 7.54. The van der Waals surface area contributed by atoms with E-state index in [-0.39, 0.29) is 12.1 Å². The van der Waals surface area contributed by atoms with Gasteiger partial charge in [0.1, 0.15) is 6.61 Å². The van der Waals surface area contributed by atoms with E-state index in [1.807, 2.05) is 6.20 Å². The first-order chi connectivity index (χ1) is 5.84. The summed E-state index contributed by atoms with van der Waals surface area (Å²) in [4.78, 5) is 15.8. The molecule has 1 N–H and O–H groups in total. The van der Waals surface area contributed by atoms with Crippen molar-refractivity contribution in [1.82, 2.24) is 10.3 Å². The maximum Gasteiger partial charge on any atom is 0.407 e. The monoisotopic (exact) mass is 184 g/mol. The van der Waals surface area contributed by atoms with Crippen molar-refractivity contribution in [2.45, 2.75) is 12.5 Å². The zero-order valence-electron chi connectivity index (χ0n) is 6.32. The van der Waals surface area contributed by atoms with Crippen LogP contribution < -0.4 is 5.32 Å². The topological polar surface area (TPSA) is 51.2 Å². The average Bonchev–Trinajstić information content (AvgIpc) is 2.63. The van der Waals surface area contributed by atoms with Crippen molar-refractivity contribution in [2.75, 3.05) is 6.61 Å². The number of hydrogen-bond donors (Lipinski definition) is 1. The van der Waals surface area contributed by atoms with E-state index in [0.717, 1.165) is 6.42 Å². The number of aromatic nitrogens is 1. The van der Waals surface area contributed by atoms with Crippen LogP contribution in [0.2, 0.25) is 0 Å². The van der Waals surface area contributed by atoms with Crippen LogP contribution in [-0.4, -0.2) is 23.7 Å². The lowest BCUT2D eigenvalue weighted by Gasteiger charge is -2.02. The van der Waals surface area contributed by atoms with Gasteiger partial charge < -0.3 is 10.1 Å². The van der Waals surface area contributed by atoms with Crippen molar-refractivity contribution in [3.8, 4) is 0 Å². The second kappa shape index (κ2) is 3.10. The molecule has 2 rings (SSSR count). The Hall–Kier alpha value is -1.10. The highest BCUT2D eigenvalue weighted by Crippen LogP contribution is 2.11. The minimum Gasteiger partial charge on any atom is -0.447 e. The lowest BCUT2D eigenvalue weighted by atomic mass is 10.2. The van der Waals surface area contributed by atoms with E-state index in [2.05, 4.69) is 10.3 Å². The molecule has 64 valence electrons. The van der Waals surface area contributed by atoms with Gasteiger partial charge in [-0.2, -0.15) is 0 Å². The Labute approximate surface area is 73.6 Å². The fourth-order valence-corrected chi connectivity index (χ4v) is 1.80. The van der Waals surface area contributed by atoms with Crippen LogP contribution in [0.3, 0.4) is 0 Å². The standard InChI is InChI=1S/C7H8N2O2S/c10-7-9-5(3-11-7)1-6-2-8-4-12-6/h2,4-5H,1,3H2,(H,9,10). The maximum absolute atomic E-state index is 10.6. The number of nitrogens with one attached hydrogen (secondary N) is 1.